The van der Waals surface area contributed by atoms with E-state index in [1.807, 2.05) is 13.8 Å². The highest BCUT2D eigenvalue weighted by Gasteiger charge is 2.43. The Labute approximate surface area is 198 Å². The highest BCUT2D eigenvalue weighted by Crippen LogP contribution is 2.40. The molecule has 2 amide bonds. The number of carbonyl (C=O) groups excluding carboxylic acids is 2. The Hall–Kier alpha value is -3.20. The van der Waals surface area contributed by atoms with Gasteiger partial charge in [0, 0.05) is 49.6 Å². The third kappa shape index (κ3) is 4.84. The van der Waals surface area contributed by atoms with Gasteiger partial charge >= 0.3 is 0 Å². The number of amides is 2. The van der Waals surface area contributed by atoms with Gasteiger partial charge in [0.15, 0.2) is 5.76 Å². The molecule has 0 aromatic heterocycles. The van der Waals surface area contributed by atoms with Crippen LogP contribution < -0.4 is 10.6 Å². The van der Waals surface area contributed by atoms with Crippen LogP contribution in [-0.4, -0.2) is 59.4 Å². The van der Waals surface area contributed by atoms with Crippen molar-refractivity contribution in [3.8, 4) is 0 Å². The van der Waals surface area contributed by atoms with Crippen LogP contribution >= 0.6 is 0 Å². The summed E-state index contributed by atoms with van der Waals surface area (Å²) in [5.41, 5.74) is 1.40. The van der Waals surface area contributed by atoms with Gasteiger partial charge in [-0.3, -0.25) is 9.59 Å². The van der Waals surface area contributed by atoms with Crippen molar-refractivity contribution in [2.75, 3.05) is 26.7 Å². The molecule has 0 bridgehead atoms. The lowest BCUT2D eigenvalue weighted by atomic mass is 9.92. The van der Waals surface area contributed by atoms with E-state index in [1.165, 1.54) is 11.0 Å². The summed E-state index contributed by atoms with van der Waals surface area (Å²) in [5, 5.41) is 17.2. The number of likely N-dealkylation sites (N-methyl/N-ethyl adjacent to an activating group) is 1. The van der Waals surface area contributed by atoms with Crippen LogP contribution in [0.25, 0.3) is 0 Å². The van der Waals surface area contributed by atoms with Gasteiger partial charge in [-0.15, -0.1) is 0 Å². The number of nitrogens with zero attached hydrogens (tertiary/aromatic N) is 2. The lowest BCUT2D eigenvalue weighted by Gasteiger charge is -2.34. The highest BCUT2D eigenvalue weighted by molar-refractivity contribution is 6.03. The molecule has 1 atom stereocenters. The molecule has 3 N–H and O–H groups in total. The Morgan fingerprint density at radius 1 is 1.29 bits per heavy atom. The Morgan fingerprint density at radius 2 is 2.03 bits per heavy atom. The van der Waals surface area contributed by atoms with Crippen LogP contribution in [0.2, 0.25) is 0 Å². The molecule has 9 heteroatoms. The molecule has 0 saturated carbocycles. The average Bonchev–Trinajstić information content (AvgIpc) is 3.23. The molecule has 2 aliphatic rings. The fourth-order valence-corrected chi connectivity index (χ4v) is 4.26. The lowest BCUT2D eigenvalue weighted by Crippen LogP contribution is -2.42. The number of rotatable bonds is 8. The molecule has 3 rings (SSSR count). The van der Waals surface area contributed by atoms with Crippen LogP contribution in [0.1, 0.15) is 39.2 Å². The summed E-state index contributed by atoms with van der Waals surface area (Å²) in [5.74, 6) is -2.55. The van der Waals surface area contributed by atoms with Crippen LogP contribution in [0.3, 0.4) is 0 Å². The van der Waals surface area contributed by atoms with Gasteiger partial charge in [-0.05, 0) is 39.3 Å². The lowest BCUT2D eigenvalue weighted by molar-refractivity contribution is -0.127. The molecule has 1 aromatic carbocycles. The molecule has 2 aliphatic heterocycles. The first-order valence-corrected chi connectivity index (χ1v) is 11.6. The topological polar surface area (TPSA) is 84.9 Å². The summed E-state index contributed by atoms with van der Waals surface area (Å²) < 4.78 is 27.3. The van der Waals surface area contributed by atoms with E-state index in [9.17, 15) is 23.5 Å². The Balaban J connectivity index is 2.02. The summed E-state index contributed by atoms with van der Waals surface area (Å²) in [7, 11) is 1.66. The van der Waals surface area contributed by atoms with E-state index in [-0.39, 0.29) is 46.7 Å². The maximum atomic E-state index is 14.1. The van der Waals surface area contributed by atoms with Gasteiger partial charge in [0.05, 0.1) is 11.6 Å². The van der Waals surface area contributed by atoms with E-state index < -0.39 is 17.5 Å². The maximum Gasteiger partial charge on any atom is 0.274 e. The minimum Gasteiger partial charge on any atom is -0.505 e. The normalized spacial score (nSPS) is 19.1. The van der Waals surface area contributed by atoms with Crippen LogP contribution in [0.15, 0.2) is 52.6 Å². The number of hydrogen-bond acceptors (Lipinski definition) is 5. The Kier molecular flexibility index (Phi) is 8.09. The molecule has 0 aliphatic carbocycles. The zero-order valence-electron chi connectivity index (χ0n) is 20.0. The first kappa shape index (κ1) is 25.4. The number of carbonyl (C=O) groups is 2. The van der Waals surface area contributed by atoms with Crippen LogP contribution in [0.5, 0.6) is 0 Å². The van der Waals surface area contributed by atoms with E-state index in [1.54, 1.807) is 24.9 Å². The third-order valence-electron chi connectivity index (χ3n) is 6.17. The van der Waals surface area contributed by atoms with Crippen LogP contribution in [0, 0.1) is 11.6 Å². The van der Waals surface area contributed by atoms with Crippen molar-refractivity contribution in [1.82, 2.24) is 20.4 Å². The predicted molar refractivity (Wildman–Crippen MR) is 125 cm³/mol. The predicted octanol–water partition coefficient (Wildman–Crippen LogP) is 3.12. The molecule has 1 aromatic rings. The molecule has 7 nitrogen and oxygen atoms in total. The molecule has 2 heterocycles. The molecular formula is C25H32F2N4O3. The van der Waals surface area contributed by atoms with Crippen molar-refractivity contribution < 1.29 is 23.5 Å². The van der Waals surface area contributed by atoms with Crippen molar-refractivity contribution >= 4 is 11.8 Å². The Morgan fingerprint density at radius 3 is 2.65 bits per heavy atom. The van der Waals surface area contributed by atoms with E-state index in [2.05, 4.69) is 10.6 Å². The summed E-state index contributed by atoms with van der Waals surface area (Å²) in [6.45, 7) is 7.05. The number of fused-ring (bicyclic) bond motifs is 1. The number of benzene rings is 1. The second-order valence-corrected chi connectivity index (χ2v) is 8.34. The molecule has 184 valence electrons. The quantitative estimate of drug-likeness (QED) is 0.539. The number of aliphatic hydroxyl groups excluding tert-OH is 1. The van der Waals surface area contributed by atoms with Gasteiger partial charge in [0.25, 0.3) is 11.8 Å². The molecule has 1 saturated heterocycles. The first-order valence-electron chi connectivity index (χ1n) is 11.6. The van der Waals surface area contributed by atoms with Crippen molar-refractivity contribution in [3.63, 3.8) is 0 Å². The molecule has 1 unspecified atom stereocenters. The van der Waals surface area contributed by atoms with Crippen molar-refractivity contribution in [2.24, 2.45) is 0 Å². The number of halogens is 2. The standard InChI is InChI=1S/C25H32F2N4O3/c1-5-11-28-19-10-12-31-21(19)20(17(6-2)23(32)22(31)25(34)30(4)7-3)24(33)29-14-15-8-9-16(26)13-18(15)27/h6,8-9,13,19,28,32H,5,7,10-12,14H2,1-4H3,(H,29,33)/b17-6+. The van der Waals surface area contributed by atoms with Crippen LogP contribution in [-0.2, 0) is 16.1 Å². The van der Waals surface area contributed by atoms with E-state index in [0.717, 1.165) is 25.1 Å². The van der Waals surface area contributed by atoms with Crippen molar-refractivity contribution in [3.05, 3.63) is 69.8 Å². The van der Waals surface area contributed by atoms with E-state index in [0.29, 0.717) is 25.2 Å². The van der Waals surface area contributed by atoms with Gasteiger partial charge < -0.3 is 25.5 Å². The second kappa shape index (κ2) is 10.8. The molecule has 34 heavy (non-hydrogen) atoms. The average molecular weight is 475 g/mol. The third-order valence-corrected chi connectivity index (χ3v) is 6.17. The van der Waals surface area contributed by atoms with Gasteiger partial charge in [-0.1, -0.05) is 19.1 Å². The summed E-state index contributed by atoms with van der Waals surface area (Å²) in [6, 6.07) is 2.98. The largest absolute Gasteiger partial charge is 0.505 e. The number of aliphatic hydroxyl groups is 1. The SMILES string of the molecule is C/C=C1/C(O)=C(C(=O)N(C)CC)N2CCC(NCCC)C2=C1C(=O)NCc1ccc(F)cc1F. The van der Waals surface area contributed by atoms with E-state index in [4.69, 9.17) is 0 Å². The summed E-state index contributed by atoms with van der Waals surface area (Å²) >= 11 is 0. The minimum absolute atomic E-state index is 0.141. The fourth-order valence-electron chi connectivity index (χ4n) is 4.26. The first-order chi connectivity index (χ1) is 16.2. The monoisotopic (exact) mass is 474 g/mol. The van der Waals surface area contributed by atoms with Crippen LogP contribution in [0.4, 0.5) is 8.78 Å². The highest BCUT2D eigenvalue weighted by atomic mass is 19.1. The smallest absolute Gasteiger partial charge is 0.274 e. The van der Waals surface area contributed by atoms with E-state index >= 15 is 0 Å². The van der Waals surface area contributed by atoms with Crippen molar-refractivity contribution in [2.45, 2.75) is 46.2 Å². The molecule has 0 spiro atoms. The van der Waals surface area contributed by atoms with Gasteiger partial charge in [0.2, 0.25) is 0 Å². The molecule has 0 radical (unpaired) electrons. The summed E-state index contributed by atoms with van der Waals surface area (Å²) in [6.07, 6.45) is 3.13. The molecule has 1 fully saturated rings. The number of allylic oxidation sites excluding steroid dienone is 2. The molecular weight excluding hydrogens is 442 g/mol. The zero-order chi connectivity index (χ0) is 25.0. The van der Waals surface area contributed by atoms with Gasteiger partial charge in [-0.25, -0.2) is 8.78 Å². The van der Waals surface area contributed by atoms with Crippen molar-refractivity contribution in [1.29, 1.82) is 0 Å². The minimum atomic E-state index is -0.754. The number of hydrogen-bond donors (Lipinski definition) is 3. The Bertz CT molecular complexity index is 1060. The van der Waals surface area contributed by atoms with Gasteiger partial charge in [0.1, 0.15) is 17.3 Å². The fraction of sp³-hybridized carbons (Fsp3) is 0.440. The zero-order valence-corrected chi connectivity index (χ0v) is 20.0. The number of nitrogens with one attached hydrogen (secondary N) is 2. The second-order valence-electron chi connectivity index (χ2n) is 8.34. The summed E-state index contributed by atoms with van der Waals surface area (Å²) in [4.78, 5) is 29.8. The maximum absolute atomic E-state index is 14.1. The van der Waals surface area contributed by atoms with Gasteiger partial charge in [-0.2, -0.15) is 0 Å².